The van der Waals surface area contributed by atoms with E-state index in [-0.39, 0.29) is 0 Å². The van der Waals surface area contributed by atoms with Gasteiger partial charge in [0.2, 0.25) is 5.13 Å². The van der Waals surface area contributed by atoms with Gasteiger partial charge in [0, 0.05) is 28.1 Å². The van der Waals surface area contributed by atoms with Crippen molar-refractivity contribution in [3.63, 3.8) is 0 Å². The summed E-state index contributed by atoms with van der Waals surface area (Å²) in [7, 11) is 1.58. The Balaban J connectivity index is 1.88. The van der Waals surface area contributed by atoms with E-state index >= 15 is 0 Å². The van der Waals surface area contributed by atoms with Crippen molar-refractivity contribution in [2.45, 2.75) is 30.2 Å². The third-order valence-corrected chi connectivity index (χ3v) is 7.73. The fourth-order valence-corrected chi connectivity index (χ4v) is 6.11. The van der Waals surface area contributed by atoms with Crippen molar-refractivity contribution in [1.29, 1.82) is 0 Å². The van der Waals surface area contributed by atoms with Gasteiger partial charge in [-0.15, -0.1) is 11.8 Å². The quantitative estimate of drug-likeness (QED) is 0.194. The lowest BCUT2D eigenvalue weighted by molar-refractivity contribution is 0.111. The van der Waals surface area contributed by atoms with E-state index in [1.54, 1.807) is 48.1 Å². The van der Waals surface area contributed by atoms with Gasteiger partial charge < -0.3 is 4.74 Å². The number of pyridine rings is 1. The molecular weight excluding hydrogens is 499 g/mol. The number of aldehydes is 1. The lowest BCUT2D eigenvalue weighted by Crippen LogP contribution is -2.01. The molecule has 0 fully saturated rings. The molecule has 3 aromatic heterocycles. The van der Waals surface area contributed by atoms with Crippen LogP contribution in [0.2, 0.25) is 10.0 Å². The van der Waals surface area contributed by atoms with E-state index in [4.69, 9.17) is 32.9 Å². The predicted molar refractivity (Wildman–Crippen MR) is 136 cm³/mol. The summed E-state index contributed by atoms with van der Waals surface area (Å²) >= 11 is 15.6. The first kappa shape index (κ1) is 23.8. The summed E-state index contributed by atoms with van der Waals surface area (Å²) in [6.07, 6.45) is 4.10. The van der Waals surface area contributed by atoms with Crippen LogP contribution in [0.5, 0.6) is 5.75 Å². The van der Waals surface area contributed by atoms with Crippen molar-refractivity contribution in [2.24, 2.45) is 0 Å². The first-order valence-electron chi connectivity index (χ1n) is 9.99. The van der Waals surface area contributed by atoms with Crippen LogP contribution in [-0.4, -0.2) is 38.4 Å². The monoisotopic (exact) mass is 518 g/mol. The van der Waals surface area contributed by atoms with Crippen LogP contribution < -0.4 is 4.74 Å². The average Bonchev–Trinajstić information content (AvgIpc) is 3.35. The molecule has 0 unspecified atom stereocenters. The van der Waals surface area contributed by atoms with Gasteiger partial charge in [-0.1, -0.05) is 54.5 Å². The maximum atomic E-state index is 12.2. The lowest BCUT2D eigenvalue weighted by Gasteiger charge is -2.05. The van der Waals surface area contributed by atoms with Gasteiger partial charge in [-0.05, 0) is 25.1 Å². The Bertz CT molecular complexity index is 1330. The van der Waals surface area contributed by atoms with Crippen molar-refractivity contribution in [2.75, 3.05) is 7.11 Å². The third-order valence-electron chi connectivity index (χ3n) is 4.75. The molecule has 3 heterocycles. The Morgan fingerprint density at radius 3 is 2.61 bits per heavy atom. The molecule has 1 aromatic carbocycles. The van der Waals surface area contributed by atoms with Crippen LogP contribution in [0.1, 0.15) is 30.0 Å². The zero-order valence-electron chi connectivity index (χ0n) is 18.3. The Morgan fingerprint density at radius 1 is 1.15 bits per heavy atom. The van der Waals surface area contributed by atoms with Crippen molar-refractivity contribution in [3.05, 3.63) is 58.1 Å². The highest BCUT2D eigenvalue weighted by Gasteiger charge is 2.23. The smallest absolute Gasteiger partial charge is 0.212 e. The Kier molecular flexibility index (Phi) is 7.09. The second-order valence-electron chi connectivity index (χ2n) is 7.42. The number of halogens is 2. The van der Waals surface area contributed by atoms with Gasteiger partial charge in [0.05, 0.1) is 38.9 Å². The van der Waals surface area contributed by atoms with Crippen LogP contribution in [-0.2, 0) is 0 Å². The Labute approximate surface area is 209 Å². The van der Waals surface area contributed by atoms with Gasteiger partial charge in [-0.3, -0.25) is 9.78 Å². The van der Waals surface area contributed by atoms with E-state index in [2.05, 4.69) is 23.9 Å². The minimum Gasteiger partial charge on any atom is -0.495 e. The maximum absolute atomic E-state index is 12.2. The second kappa shape index (κ2) is 9.85. The number of aromatic nitrogens is 4. The molecule has 0 N–H and O–H groups in total. The number of thiazole rings is 1. The van der Waals surface area contributed by atoms with Crippen LogP contribution in [0.15, 0.2) is 40.9 Å². The van der Waals surface area contributed by atoms with Crippen LogP contribution >= 0.6 is 46.3 Å². The van der Waals surface area contributed by atoms with Crippen LogP contribution in [0.25, 0.3) is 27.5 Å². The number of carbonyl (C=O) groups excluding carboxylic acids is 1. The number of aryl methyl sites for hydroxylation is 1. The van der Waals surface area contributed by atoms with E-state index in [1.165, 1.54) is 11.3 Å². The molecular formula is C23H20Cl2N4O2S2. The van der Waals surface area contributed by atoms with Crippen LogP contribution in [0.4, 0.5) is 0 Å². The molecule has 0 radical (unpaired) electrons. The van der Waals surface area contributed by atoms with E-state index in [0.29, 0.717) is 43.1 Å². The molecule has 6 nitrogen and oxygen atoms in total. The average molecular weight is 519 g/mol. The van der Waals surface area contributed by atoms with Gasteiger partial charge in [0.25, 0.3) is 0 Å². The lowest BCUT2D eigenvalue weighted by atomic mass is 10.1. The van der Waals surface area contributed by atoms with E-state index in [0.717, 1.165) is 27.3 Å². The summed E-state index contributed by atoms with van der Waals surface area (Å²) in [4.78, 5) is 21.3. The van der Waals surface area contributed by atoms with Crippen molar-refractivity contribution in [1.82, 2.24) is 19.7 Å². The number of hydrogen-bond donors (Lipinski definition) is 0. The molecule has 0 bridgehead atoms. The number of thioether (sulfide) groups is 1. The van der Waals surface area contributed by atoms with Gasteiger partial charge >= 0.3 is 0 Å². The number of carbonyl (C=O) groups is 1. The molecule has 170 valence electrons. The summed E-state index contributed by atoms with van der Waals surface area (Å²) in [5.41, 5.74) is 4.17. The highest BCUT2D eigenvalue weighted by molar-refractivity contribution is 8.01. The number of rotatable bonds is 7. The highest BCUT2D eigenvalue weighted by atomic mass is 35.5. The van der Waals surface area contributed by atoms with E-state index < -0.39 is 0 Å². The molecule has 0 aliphatic carbocycles. The molecule has 0 amide bonds. The second-order valence-corrected chi connectivity index (χ2v) is 11.1. The Hall–Kier alpha value is -2.39. The fourth-order valence-electron chi connectivity index (χ4n) is 3.33. The molecule has 33 heavy (non-hydrogen) atoms. The number of ether oxygens (including phenoxy) is 1. The van der Waals surface area contributed by atoms with Crippen LogP contribution in [0, 0.1) is 6.92 Å². The SMILES string of the molecule is COc1cncc(-c2c(C)nn(-c3nc(-c4ccc(Cl)c(Cl)c4)c(SC(C)C)s3)c2C=O)c1. The van der Waals surface area contributed by atoms with E-state index in [1.807, 2.05) is 19.1 Å². The van der Waals surface area contributed by atoms with Gasteiger partial charge in [-0.25, -0.2) is 9.67 Å². The van der Waals surface area contributed by atoms with E-state index in [9.17, 15) is 4.79 Å². The van der Waals surface area contributed by atoms with Gasteiger partial charge in [0.15, 0.2) is 6.29 Å². The molecule has 0 aliphatic heterocycles. The Morgan fingerprint density at radius 2 is 1.94 bits per heavy atom. The summed E-state index contributed by atoms with van der Waals surface area (Å²) in [5.74, 6) is 0.600. The van der Waals surface area contributed by atoms with Crippen molar-refractivity contribution in [3.8, 4) is 33.3 Å². The number of benzene rings is 1. The van der Waals surface area contributed by atoms with Crippen molar-refractivity contribution >= 4 is 52.6 Å². The number of nitrogens with zero attached hydrogens (tertiary/aromatic N) is 4. The van der Waals surface area contributed by atoms with Gasteiger partial charge in [-0.2, -0.15) is 5.10 Å². The zero-order chi connectivity index (χ0) is 23.7. The summed E-state index contributed by atoms with van der Waals surface area (Å²) in [6, 6.07) is 7.28. The standard InChI is InChI=1S/C23H20Cl2N4O2S2/c1-12(2)32-22-21(14-5-6-17(24)18(25)8-14)27-23(33-22)29-19(11-30)20(13(3)28-29)15-7-16(31-4)10-26-9-15/h5-12H,1-4H3. The third kappa shape index (κ3) is 4.80. The number of hydrogen-bond acceptors (Lipinski definition) is 7. The minimum atomic E-state index is 0.336. The van der Waals surface area contributed by atoms with Gasteiger partial charge in [0.1, 0.15) is 11.4 Å². The predicted octanol–water partition coefficient (Wildman–Crippen LogP) is 6.99. The van der Waals surface area contributed by atoms with Crippen LogP contribution in [0.3, 0.4) is 0 Å². The topological polar surface area (TPSA) is 69.9 Å². The first-order valence-corrected chi connectivity index (χ1v) is 12.4. The summed E-state index contributed by atoms with van der Waals surface area (Å²) in [5, 5.41) is 6.52. The molecule has 0 atom stereocenters. The summed E-state index contributed by atoms with van der Waals surface area (Å²) < 4.78 is 7.89. The molecule has 0 aliphatic rings. The fraction of sp³-hybridized carbons (Fsp3) is 0.217. The summed E-state index contributed by atoms with van der Waals surface area (Å²) in [6.45, 7) is 6.09. The molecule has 4 rings (SSSR count). The molecule has 0 saturated carbocycles. The molecule has 4 aromatic rings. The zero-order valence-corrected chi connectivity index (χ0v) is 21.4. The molecule has 0 spiro atoms. The highest BCUT2D eigenvalue weighted by Crippen LogP contribution is 2.41. The minimum absolute atomic E-state index is 0.336. The largest absolute Gasteiger partial charge is 0.495 e. The molecule has 10 heteroatoms. The molecule has 0 saturated heterocycles. The normalized spacial score (nSPS) is 11.2. The first-order chi connectivity index (χ1) is 15.8. The van der Waals surface area contributed by atoms with Crippen molar-refractivity contribution < 1.29 is 9.53 Å². The maximum Gasteiger partial charge on any atom is 0.212 e. The number of methoxy groups -OCH3 is 1.